The maximum absolute atomic E-state index is 3.83. The third-order valence-electron chi connectivity index (χ3n) is 3.76. The first-order valence-electron chi connectivity index (χ1n) is 6.67. The first-order valence-corrected chi connectivity index (χ1v) is 7.96. The highest BCUT2D eigenvalue weighted by molar-refractivity contribution is 7.99. The van der Waals surface area contributed by atoms with E-state index < -0.39 is 0 Å². The quantitative estimate of drug-likeness (QED) is 0.846. The third kappa shape index (κ3) is 3.49. The zero-order chi connectivity index (χ0) is 12.1. The summed E-state index contributed by atoms with van der Waals surface area (Å²) in [5, 5.41) is 4.71. The second kappa shape index (κ2) is 6.46. The van der Waals surface area contributed by atoms with Gasteiger partial charge in [0.05, 0.1) is 0 Å². The number of hydrogen-bond acceptors (Lipinski definition) is 2. The Morgan fingerprint density at radius 3 is 2.65 bits per heavy atom. The van der Waals surface area contributed by atoms with E-state index in [0.29, 0.717) is 6.04 Å². The van der Waals surface area contributed by atoms with Gasteiger partial charge < -0.3 is 5.32 Å². The van der Waals surface area contributed by atoms with Gasteiger partial charge in [0.1, 0.15) is 0 Å². The van der Waals surface area contributed by atoms with Crippen LogP contribution in [-0.4, -0.2) is 17.5 Å². The lowest BCUT2D eigenvalue weighted by atomic mass is 10.0. The molecule has 0 aromatic heterocycles. The number of rotatable bonds is 5. The van der Waals surface area contributed by atoms with E-state index in [9.17, 15) is 0 Å². The fourth-order valence-electron chi connectivity index (χ4n) is 2.73. The molecule has 1 fully saturated rings. The van der Waals surface area contributed by atoms with Crippen LogP contribution in [0.15, 0.2) is 30.3 Å². The Morgan fingerprint density at radius 2 is 2.06 bits per heavy atom. The normalized spacial score (nSPS) is 26.0. The van der Waals surface area contributed by atoms with Gasteiger partial charge in [-0.25, -0.2) is 0 Å². The van der Waals surface area contributed by atoms with Crippen molar-refractivity contribution in [2.75, 3.05) is 6.26 Å². The Hall–Kier alpha value is -0.470. The maximum atomic E-state index is 3.83. The molecule has 1 aromatic carbocycles. The molecular formula is C15H23NS. The molecule has 3 unspecified atom stereocenters. The first kappa shape index (κ1) is 13.0. The van der Waals surface area contributed by atoms with Crippen molar-refractivity contribution in [3.05, 3.63) is 35.9 Å². The second-order valence-electron chi connectivity index (χ2n) is 4.91. The van der Waals surface area contributed by atoms with Crippen LogP contribution in [0.5, 0.6) is 0 Å². The molecule has 2 rings (SSSR count). The van der Waals surface area contributed by atoms with E-state index in [1.54, 1.807) is 0 Å². The molecule has 3 atom stereocenters. The van der Waals surface area contributed by atoms with Crippen LogP contribution in [0.1, 0.15) is 44.2 Å². The highest BCUT2D eigenvalue weighted by Crippen LogP contribution is 2.30. The van der Waals surface area contributed by atoms with Crippen LogP contribution in [0.4, 0.5) is 0 Å². The standard InChI is InChI=1S/C15H23NS/c1-3-15(12-7-5-4-6-8-12)16-13-9-10-14(11-13)17-2/h4-8,13-16H,3,9-11H2,1-2H3. The molecule has 1 nitrogen and oxygen atoms in total. The fourth-order valence-corrected chi connectivity index (χ4v) is 3.52. The van der Waals surface area contributed by atoms with Crippen LogP contribution >= 0.6 is 11.8 Å². The lowest BCUT2D eigenvalue weighted by Gasteiger charge is -2.22. The van der Waals surface area contributed by atoms with Gasteiger partial charge in [0.25, 0.3) is 0 Å². The van der Waals surface area contributed by atoms with Crippen LogP contribution in [0.2, 0.25) is 0 Å². The number of thioether (sulfide) groups is 1. The van der Waals surface area contributed by atoms with Gasteiger partial charge in [-0.15, -0.1) is 0 Å². The SMILES string of the molecule is CCC(NC1CCC(SC)C1)c1ccccc1. The molecule has 94 valence electrons. The lowest BCUT2D eigenvalue weighted by Crippen LogP contribution is -2.30. The summed E-state index contributed by atoms with van der Waals surface area (Å²) in [6.07, 6.45) is 7.47. The summed E-state index contributed by atoms with van der Waals surface area (Å²) in [7, 11) is 0. The van der Waals surface area contributed by atoms with Crippen LogP contribution in [-0.2, 0) is 0 Å². The molecule has 0 radical (unpaired) electrons. The molecule has 2 heteroatoms. The fraction of sp³-hybridized carbons (Fsp3) is 0.600. The number of hydrogen-bond donors (Lipinski definition) is 1. The van der Waals surface area contributed by atoms with E-state index >= 15 is 0 Å². The number of benzene rings is 1. The first-order chi connectivity index (χ1) is 8.33. The molecule has 1 N–H and O–H groups in total. The van der Waals surface area contributed by atoms with Crippen molar-refractivity contribution in [1.82, 2.24) is 5.32 Å². The van der Waals surface area contributed by atoms with Crippen molar-refractivity contribution in [3.8, 4) is 0 Å². The predicted octanol–water partition coefficient (Wildman–Crippen LogP) is 4.01. The van der Waals surface area contributed by atoms with Crippen LogP contribution in [0, 0.1) is 0 Å². The minimum atomic E-state index is 0.529. The molecule has 0 spiro atoms. The highest BCUT2D eigenvalue weighted by Gasteiger charge is 2.25. The van der Waals surface area contributed by atoms with Crippen molar-refractivity contribution in [2.45, 2.75) is 49.9 Å². The molecule has 0 bridgehead atoms. The zero-order valence-corrected chi connectivity index (χ0v) is 11.7. The Morgan fingerprint density at radius 1 is 1.29 bits per heavy atom. The Balaban J connectivity index is 1.92. The smallest absolute Gasteiger partial charge is 0.0320 e. The molecule has 0 heterocycles. The third-order valence-corrected chi connectivity index (χ3v) is 4.86. The van der Waals surface area contributed by atoms with Crippen LogP contribution < -0.4 is 5.32 Å². The molecule has 1 aromatic rings. The lowest BCUT2D eigenvalue weighted by molar-refractivity contribution is 0.431. The zero-order valence-electron chi connectivity index (χ0n) is 10.9. The summed E-state index contributed by atoms with van der Waals surface area (Å²) < 4.78 is 0. The Bertz CT molecular complexity index is 325. The topological polar surface area (TPSA) is 12.0 Å². The summed E-state index contributed by atoms with van der Waals surface area (Å²) in [5.41, 5.74) is 1.43. The predicted molar refractivity (Wildman–Crippen MR) is 77.6 cm³/mol. The van der Waals surface area contributed by atoms with Crippen LogP contribution in [0.25, 0.3) is 0 Å². The van der Waals surface area contributed by atoms with Crippen molar-refractivity contribution >= 4 is 11.8 Å². The van der Waals surface area contributed by atoms with E-state index in [0.717, 1.165) is 11.3 Å². The average Bonchev–Trinajstić information content (AvgIpc) is 2.84. The molecule has 0 aliphatic heterocycles. The molecule has 1 aliphatic rings. The van der Waals surface area contributed by atoms with Gasteiger partial charge in [-0.3, -0.25) is 0 Å². The second-order valence-corrected chi connectivity index (χ2v) is 6.04. The average molecular weight is 249 g/mol. The van der Waals surface area contributed by atoms with Crippen molar-refractivity contribution in [2.24, 2.45) is 0 Å². The monoisotopic (exact) mass is 249 g/mol. The summed E-state index contributed by atoms with van der Waals surface area (Å²) in [6.45, 7) is 2.27. The van der Waals surface area contributed by atoms with Crippen molar-refractivity contribution in [3.63, 3.8) is 0 Å². The van der Waals surface area contributed by atoms with E-state index in [4.69, 9.17) is 0 Å². The Labute approximate surface area is 109 Å². The van der Waals surface area contributed by atoms with E-state index in [1.807, 2.05) is 11.8 Å². The van der Waals surface area contributed by atoms with Crippen molar-refractivity contribution < 1.29 is 0 Å². The minimum absolute atomic E-state index is 0.529. The summed E-state index contributed by atoms with van der Waals surface area (Å²) >= 11 is 2.03. The van der Waals surface area contributed by atoms with Gasteiger partial charge in [-0.05, 0) is 37.5 Å². The van der Waals surface area contributed by atoms with Gasteiger partial charge >= 0.3 is 0 Å². The van der Waals surface area contributed by atoms with Gasteiger partial charge in [-0.2, -0.15) is 11.8 Å². The Kier molecular flexibility index (Phi) is 4.93. The van der Waals surface area contributed by atoms with Gasteiger partial charge in [0.15, 0.2) is 0 Å². The van der Waals surface area contributed by atoms with Crippen LogP contribution in [0.3, 0.4) is 0 Å². The van der Waals surface area contributed by atoms with Gasteiger partial charge in [0.2, 0.25) is 0 Å². The molecule has 0 amide bonds. The maximum Gasteiger partial charge on any atom is 0.0320 e. The van der Waals surface area contributed by atoms with E-state index in [-0.39, 0.29) is 0 Å². The van der Waals surface area contributed by atoms with E-state index in [1.165, 1.54) is 31.2 Å². The molecular weight excluding hydrogens is 226 g/mol. The number of nitrogens with one attached hydrogen (secondary N) is 1. The molecule has 1 aliphatic carbocycles. The largest absolute Gasteiger partial charge is 0.307 e. The molecule has 1 saturated carbocycles. The summed E-state index contributed by atoms with van der Waals surface area (Å²) in [4.78, 5) is 0. The minimum Gasteiger partial charge on any atom is -0.307 e. The highest BCUT2D eigenvalue weighted by atomic mass is 32.2. The van der Waals surface area contributed by atoms with E-state index in [2.05, 4.69) is 48.8 Å². The van der Waals surface area contributed by atoms with Crippen molar-refractivity contribution in [1.29, 1.82) is 0 Å². The molecule has 0 saturated heterocycles. The summed E-state index contributed by atoms with van der Waals surface area (Å²) in [5.74, 6) is 0. The van der Waals surface area contributed by atoms with Gasteiger partial charge in [-0.1, -0.05) is 37.3 Å². The molecule has 17 heavy (non-hydrogen) atoms. The van der Waals surface area contributed by atoms with Gasteiger partial charge in [0, 0.05) is 17.3 Å². The summed E-state index contributed by atoms with van der Waals surface area (Å²) in [6, 6.07) is 12.1.